The first-order valence-electron chi connectivity index (χ1n) is 14.3. The highest BCUT2D eigenvalue weighted by Gasteiger charge is 2.29. The fraction of sp³-hybridized carbons (Fsp3) is 0.0526. The van der Waals surface area contributed by atoms with Crippen LogP contribution in [0.15, 0.2) is 115 Å². The molecule has 190 valence electrons. The standard InChI is InChI=1S/C38H23N3/c1-3-12-24-23(11-1)21-32-36-26(24)17-9-18-31(36)39-38(40-32)41-33-19-8-7-16-29(33)35-28-15-6-5-14-27(28)34-25-13-4-2-10-22(25)20-30(34)37(35)41/h1-19H,20-21H2. The van der Waals surface area contributed by atoms with Crippen molar-refractivity contribution in [2.45, 2.75) is 12.8 Å². The normalized spacial score (nSPS) is 13.2. The third-order valence-corrected chi connectivity index (χ3v) is 9.23. The van der Waals surface area contributed by atoms with Gasteiger partial charge in [0.2, 0.25) is 5.95 Å². The number of hydrogen-bond donors (Lipinski definition) is 0. The zero-order valence-electron chi connectivity index (χ0n) is 22.2. The van der Waals surface area contributed by atoms with Crippen LogP contribution in [0.4, 0.5) is 0 Å². The molecule has 2 heterocycles. The Morgan fingerprint density at radius 2 is 1.20 bits per heavy atom. The highest BCUT2D eigenvalue weighted by molar-refractivity contribution is 6.26. The molecule has 8 aromatic rings. The summed E-state index contributed by atoms with van der Waals surface area (Å²) in [5, 5.41) is 6.32. The lowest BCUT2D eigenvalue weighted by Crippen LogP contribution is -2.10. The van der Waals surface area contributed by atoms with Crippen LogP contribution in [0, 0.1) is 0 Å². The molecule has 0 N–H and O–H groups in total. The van der Waals surface area contributed by atoms with E-state index in [2.05, 4.69) is 120 Å². The van der Waals surface area contributed by atoms with Crippen molar-refractivity contribution in [3.63, 3.8) is 0 Å². The van der Waals surface area contributed by atoms with Crippen molar-refractivity contribution in [2.75, 3.05) is 0 Å². The van der Waals surface area contributed by atoms with Crippen molar-refractivity contribution in [2.24, 2.45) is 0 Å². The molecule has 10 rings (SSSR count). The molecule has 0 spiro atoms. The Balaban J connectivity index is 1.38. The predicted octanol–water partition coefficient (Wildman–Crippen LogP) is 9.02. The lowest BCUT2D eigenvalue weighted by Gasteiger charge is -2.21. The van der Waals surface area contributed by atoms with Gasteiger partial charge in [0.15, 0.2) is 0 Å². The number of aromatic nitrogens is 3. The summed E-state index contributed by atoms with van der Waals surface area (Å²) in [5.74, 6) is 0.753. The first-order valence-corrected chi connectivity index (χ1v) is 14.3. The molecule has 0 fully saturated rings. The number of nitrogens with zero attached hydrogens (tertiary/aromatic N) is 3. The van der Waals surface area contributed by atoms with Crippen LogP contribution in [0.1, 0.15) is 22.4 Å². The molecule has 2 aliphatic rings. The molecule has 6 aromatic carbocycles. The highest BCUT2D eigenvalue weighted by atomic mass is 15.2. The van der Waals surface area contributed by atoms with E-state index in [1.165, 1.54) is 71.4 Å². The summed E-state index contributed by atoms with van der Waals surface area (Å²) in [6.07, 6.45) is 1.71. The SMILES string of the molecule is c1ccc2c(c1)Cc1c-2c2ccccc2c2c3ccccc3n(-c3nc4c5c(cccc5n3)-c3ccccc3C4)c12. The van der Waals surface area contributed by atoms with Crippen molar-refractivity contribution < 1.29 is 0 Å². The van der Waals surface area contributed by atoms with Crippen LogP contribution in [-0.4, -0.2) is 14.5 Å². The van der Waals surface area contributed by atoms with Gasteiger partial charge in [-0.3, -0.25) is 4.57 Å². The van der Waals surface area contributed by atoms with Gasteiger partial charge in [0.1, 0.15) is 0 Å². The molecule has 0 atom stereocenters. The Kier molecular flexibility index (Phi) is 4.03. The quantitative estimate of drug-likeness (QED) is 0.216. The van der Waals surface area contributed by atoms with Gasteiger partial charge in [-0.15, -0.1) is 0 Å². The number of benzene rings is 6. The smallest absolute Gasteiger partial charge is 0.235 e. The molecule has 0 aliphatic heterocycles. The second-order valence-electron chi connectivity index (χ2n) is 11.3. The zero-order chi connectivity index (χ0) is 26.7. The number of rotatable bonds is 1. The summed E-state index contributed by atoms with van der Waals surface area (Å²) < 4.78 is 2.35. The van der Waals surface area contributed by atoms with Gasteiger partial charge in [-0.25, -0.2) is 9.97 Å². The minimum absolute atomic E-state index is 0.753. The molecule has 0 amide bonds. The molecule has 0 saturated carbocycles. The van der Waals surface area contributed by atoms with E-state index in [9.17, 15) is 0 Å². The average molecular weight is 522 g/mol. The van der Waals surface area contributed by atoms with Crippen molar-refractivity contribution in [3.05, 3.63) is 138 Å². The lowest BCUT2D eigenvalue weighted by molar-refractivity contribution is 0.957. The first kappa shape index (κ1) is 21.5. The second-order valence-corrected chi connectivity index (χ2v) is 11.3. The Morgan fingerprint density at radius 3 is 2.07 bits per heavy atom. The van der Waals surface area contributed by atoms with Gasteiger partial charge in [0.25, 0.3) is 0 Å². The van der Waals surface area contributed by atoms with Gasteiger partial charge in [-0.05, 0) is 61.8 Å². The summed E-state index contributed by atoms with van der Waals surface area (Å²) in [6, 6.07) is 41.7. The van der Waals surface area contributed by atoms with Crippen LogP contribution in [0.25, 0.3) is 71.7 Å². The highest BCUT2D eigenvalue weighted by Crippen LogP contribution is 2.49. The molecule has 41 heavy (non-hydrogen) atoms. The van der Waals surface area contributed by atoms with Crippen LogP contribution < -0.4 is 0 Å². The van der Waals surface area contributed by atoms with Crippen LogP contribution in [-0.2, 0) is 12.8 Å². The average Bonchev–Trinajstić information content (AvgIpc) is 3.58. The van der Waals surface area contributed by atoms with Crippen LogP contribution in [0.5, 0.6) is 0 Å². The summed E-state index contributed by atoms with van der Waals surface area (Å²) in [4.78, 5) is 10.7. The van der Waals surface area contributed by atoms with E-state index in [-0.39, 0.29) is 0 Å². The minimum atomic E-state index is 0.753. The number of para-hydroxylation sites is 1. The maximum Gasteiger partial charge on any atom is 0.235 e. The van der Waals surface area contributed by atoms with Crippen LogP contribution >= 0.6 is 0 Å². The summed E-state index contributed by atoms with van der Waals surface area (Å²) in [6.45, 7) is 0. The number of hydrogen-bond acceptors (Lipinski definition) is 2. The fourth-order valence-corrected chi connectivity index (χ4v) is 7.61. The van der Waals surface area contributed by atoms with Gasteiger partial charge in [0, 0.05) is 29.0 Å². The molecular formula is C38H23N3. The molecule has 0 bridgehead atoms. The van der Waals surface area contributed by atoms with Crippen molar-refractivity contribution in [1.29, 1.82) is 0 Å². The van der Waals surface area contributed by atoms with E-state index < -0.39 is 0 Å². The molecule has 0 radical (unpaired) electrons. The zero-order valence-corrected chi connectivity index (χ0v) is 22.2. The Bertz CT molecular complexity index is 2430. The van der Waals surface area contributed by atoms with E-state index in [1.807, 2.05) is 0 Å². The van der Waals surface area contributed by atoms with Crippen molar-refractivity contribution in [1.82, 2.24) is 14.5 Å². The summed E-state index contributed by atoms with van der Waals surface area (Å²) in [7, 11) is 0. The van der Waals surface area contributed by atoms with E-state index in [0.29, 0.717) is 0 Å². The second kappa shape index (κ2) is 7.67. The maximum atomic E-state index is 5.38. The monoisotopic (exact) mass is 521 g/mol. The summed E-state index contributed by atoms with van der Waals surface area (Å²) >= 11 is 0. The van der Waals surface area contributed by atoms with Gasteiger partial charge in [-0.1, -0.05) is 103 Å². The van der Waals surface area contributed by atoms with Gasteiger partial charge in [-0.2, -0.15) is 0 Å². The Labute approximate surface area is 236 Å². The number of fused-ring (bicyclic) bond motifs is 12. The van der Waals surface area contributed by atoms with Crippen LogP contribution in [0.2, 0.25) is 0 Å². The van der Waals surface area contributed by atoms with Crippen molar-refractivity contribution in [3.8, 4) is 28.2 Å². The lowest BCUT2D eigenvalue weighted by atomic mass is 9.87. The largest absolute Gasteiger partial charge is 0.278 e. The first-order chi connectivity index (χ1) is 20.3. The topological polar surface area (TPSA) is 30.7 Å². The van der Waals surface area contributed by atoms with Gasteiger partial charge >= 0.3 is 0 Å². The van der Waals surface area contributed by atoms with E-state index in [4.69, 9.17) is 9.97 Å². The van der Waals surface area contributed by atoms with E-state index in [1.54, 1.807) is 0 Å². The Hall–Kier alpha value is -5.28. The minimum Gasteiger partial charge on any atom is -0.278 e. The maximum absolute atomic E-state index is 5.38. The third-order valence-electron chi connectivity index (χ3n) is 9.23. The molecule has 2 aliphatic carbocycles. The Morgan fingerprint density at radius 1 is 0.512 bits per heavy atom. The molecule has 0 unspecified atom stereocenters. The summed E-state index contributed by atoms with van der Waals surface area (Å²) in [5.41, 5.74) is 13.8. The molecule has 3 nitrogen and oxygen atoms in total. The third kappa shape index (κ3) is 2.73. The molecule has 0 saturated heterocycles. The molecular weight excluding hydrogens is 498 g/mol. The van der Waals surface area contributed by atoms with Crippen LogP contribution in [0.3, 0.4) is 0 Å². The predicted molar refractivity (Wildman–Crippen MR) is 168 cm³/mol. The van der Waals surface area contributed by atoms with Gasteiger partial charge in [0.05, 0.1) is 22.2 Å². The molecule has 3 heteroatoms. The fourth-order valence-electron chi connectivity index (χ4n) is 7.61. The van der Waals surface area contributed by atoms with E-state index >= 15 is 0 Å². The molecule has 2 aromatic heterocycles. The van der Waals surface area contributed by atoms with Crippen molar-refractivity contribution >= 4 is 43.5 Å². The van der Waals surface area contributed by atoms with Gasteiger partial charge < -0.3 is 0 Å². The van der Waals surface area contributed by atoms with E-state index in [0.717, 1.165) is 35.5 Å².